The number of carboxylic acid groups (broad SMARTS) is 3. The molecule has 3 aromatic rings. The van der Waals surface area contributed by atoms with Crippen molar-refractivity contribution in [1.82, 2.24) is 0 Å². The third-order valence-electron chi connectivity index (χ3n) is 3.37. The standard InChI is InChI=1S/3C7H6O3.2Na/c3*8-6-4-2-1-3-5(6)7(9)10;;/h3*1-4,8H,(H,9,10);;/q;;;2*+1/p-2. The maximum Gasteiger partial charge on any atom is 1.00 e. The molecule has 0 aliphatic rings. The molecule has 9 nitrogen and oxygen atoms in total. The summed E-state index contributed by atoms with van der Waals surface area (Å²) in [6.45, 7) is 0. The molecule has 0 radical (unpaired) electrons. The number of carbonyl (C=O) groups is 3. The summed E-state index contributed by atoms with van der Waals surface area (Å²) in [5.74, 6) is -4.56. The van der Waals surface area contributed by atoms with Gasteiger partial charge in [0, 0.05) is 0 Å². The van der Waals surface area contributed by atoms with Crippen LogP contribution in [0.5, 0.6) is 17.2 Å². The quantitative estimate of drug-likeness (QED) is 0.285. The van der Waals surface area contributed by atoms with Gasteiger partial charge >= 0.3 is 77.0 Å². The van der Waals surface area contributed by atoms with Crippen LogP contribution in [-0.2, 0) is 0 Å². The number of para-hydroxylation sites is 3. The van der Waals surface area contributed by atoms with Crippen molar-refractivity contribution in [2.75, 3.05) is 0 Å². The van der Waals surface area contributed by atoms with Gasteiger partial charge in [0.1, 0.15) is 11.3 Å². The zero-order valence-electron chi connectivity index (χ0n) is 17.3. The van der Waals surface area contributed by atoms with Crippen LogP contribution in [0.25, 0.3) is 0 Å². The Hall–Kier alpha value is -2.53. The van der Waals surface area contributed by atoms with Crippen LogP contribution >= 0.6 is 0 Å². The molecule has 3 aromatic carbocycles. The minimum absolute atomic E-state index is 0. The van der Waals surface area contributed by atoms with Gasteiger partial charge in [0.25, 0.3) is 0 Å². The Morgan fingerprint density at radius 3 is 1.03 bits per heavy atom. The molecule has 0 saturated heterocycles. The summed E-state index contributed by atoms with van der Waals surface area (Å²) in [6.07, 6.45) is 0. The van der Waals surface area contributed by atoms with Crippen molar-refractivity contribution < 1.29 is 104 Å². The Kier molecular flexibility index (Phi) is 16.0. The van der Waals surface area contributed by atoms with Gasteiger partial charge < -0.3 is 30.6 Å². The van der Waals surface area contributed by atoms with E-state index >= 15 is 0 Å². The second-order valence-electron chi connectivity index (χ2n) is 5.42. The van der Waals surface area contributed by atoms with Gasteiger partial charge in [0.2, 0.25) is 0 Å². The van der Waals surface area contributed by atoms with Gasteiger partial charge in [-0.1, -0.05) is 60.0 Å². The smallest absolute Gasteiger partial charge is 0.872 e. The van der Waals surface area contributed by atoms with Gasteiger partial charge in [-0.05, 0) is 24.3 Å². The third kappa shape index (κ3) is 10.7. The van der Waals surface area contributed by atoms with Crippen molar-refractivity contribution in [2.24, 2.45) is 0 Å². The van der Waals surface area contributed by atoms with E-state index in [1.165, 1.54) is 60.7 Å². The van der Waals surface area contributed by atoms with Crippen molar-refractivity contribution >= 4 is 17.9 Å². The predicted octanol–water partition coefficient (Wildman–Crippen LogP) is -3.98. The topological polar surface area (TPSA) is 178 Å². The molecule has 0 aromatic heterocycles. The molecule has 3 rings (SSSR count). The third-order valence-corrected chi connectivity index (χ3v) is 3.37. The fraction of sp³-hybridized carbons (Fsp3) is 0. The molecular formula is C21H16Na2O9. The summed E-state index contributed by atoms with van der Waals surface area (Å²) in [6, 6.07) is 16.9. The molecule has 0 spiro atoms. The van der Waals surface area contributed by atoms with Crippen LogP contribution < -0.4 is 69.3 Å². The summed E-state index contributed by atoms with van der Waals surface area (Å²) in [5.41, 5.74) is -0.424. The van der Waals surface area contributed by atoms with Gasteiger partial charge in [-0.2, -0.15) is 0 Å². The first-order valence-electron chi connectivity index (χ1n) is 8.15. The monoisotopic (exact) mass is 458 g/mol. The Morgan fingerprint density at radius 1 is 0.531 bits per heavy atom. The van der Waals surface area contributed by atoms with E-state index in [0.29, 0.717) is 0 Å². The molecule has 4 N–H and O–H groups in total. The number of benzene rings is 3. The second-order valence-corrected chi connectivity index (χ2v) is 5.42. The first kappa shape index (κ1) is 31.7. The van der Waals surface area contributed by atoms with Gasteiger partial charge in [-0.25, -0.2) is 14.4 Å². The zero-order valence-corrected chi connectivity index (χ0v) is 21.3. The minimum Gasteiger partial charge on any atom is -0.872 e. The summed E-state index contributed by atoms with van der Waals surface area (Å²) in [4.78, 5) is 30.7. The molecule has 0 saturated carbocycles. The van der Waals surface area contributed by atoms with Crippen LogP contribution in [0.3, 0.4) is 0 Å². The van der Waals surface area contributed by atoms with Gasteiger partial charge in [-0.3, -0.25) is 0 Å². The number of aromatic carboxylic acids is 3. The van der Waals surface area contributed by atoms with E-state index in [1.807, 2.05) is 0 Å². The Morgan fingerprint density at radius 2 is 0.812 bits per heavy atom. The van der Waals surface area contributed by atoms with Crippen LogP contribution in [0.2, 0.25) is 0 Å². The molecule has 0 heterocycles. The largest absolute Gasteiger partial charge is 1.00 e. The first-order chi connectivity index (χ1) is 14.1. The maximum atomic E-state index is 10.7. The molecule has 0 aliphatic heterocycles. The van der Waals surface area contributed by atoms with E-state index in [4.69, 9.17) is 20.4 Å². The molecule has 156 valence electrons. The molecule has 0 unspecified atom stereocenters. The van der Waals surface area contributed by atoms with Crippen LogP contribution in [0, 0.1) is 0 Å². The number of hydrogen-bond donors (Lipinski definition) is 4. The zero-order chi connectivity index (χ0) is 22.7. The molecule has 0 fully saturated rings. The maximum absolute atomic E-state index is 10.7. The summed E-state index contributed by atoms with van der Waals surface area (Å²) >= 11 is 0. The van der Waals surface area contributed by atoms with Gasteiger partial charge in [0.15, 0.2) is 0 Å². The van der Waals surface area contributed by atoms with Crippen LogP contribution in [-0.4, -0.2) is 38.3 Å². The molecule has 0 aliphatic carbocycles. The van der Waals surface area contributed by atoms with Crippen molar-refractivity contribution in [3.8, 4) is 17.2 Å². The summed E-state index contributed by atoms with van der Waals surface area (Å²) in [7, 11) is 0. The van der Waals surface area contributed by atoms with E-state index in [-0.39, 0.29) is 81.6 Å². The average molecular weight is 458 g/mol. The molecule has 11 heteroatoms. The molecular weight excluding hydrogens is 442 g/mol. The number of hydrogen-bond acceptors (Lipinski definition) is 6. The molecule has 0 amide bonds. The number of rotatable bonds is 3. The number of phenols is 1. The van der Waals surface area contributed by atoms with Crippen molar-refractivity contribution in [3.63, 3.8) is 0 Å². The fourth-order valence-corrected chi connectivity index (χ4v) is 1.94. The minimum atomic E-state index is -1.18. The normalized spacial score (nSPS) is 8.62. The fourth-order valence-electron chi connectivity index (χ4n) is 1.94. The van der Waals surface area contributed by atoms with E-state index < -0.39 is 29.4 Å². The number of carboxylic acids is 3. The van der Waals surface area contributed by atoms with Crippen LogP contribution in [0.4, 0.5) is 0 Å². The van der Waals surface area contributed by atoms with Crippen LogP contribution in [0.1, 0.15) is 31.1 Å². The van der Waals surface area contributed by atoms with Gasteiger partial charge in [0.05, 0.1) is 11.1 Å². The van der Waals surface area contributed by atoms with Crippen molar-refractivity contribution in [3.05, 3.63) is 89.5 Å². The Labute approximate surface area is 227 Å². The van der Waals surface area contributed by atoms with Crippen LogP contribution in [0.15, 0.2) is 72.8 Å². The first-order valence-corrected chi connectivity index (χ1v) is 8.15. The summed E-state index contributed by atoms with van der Waals surface area (Å²) < 4.78 is 0. The van der Waals surface area contributed by atoms with Crippen molar-refractivity contribution in [1.29, 1.82) is 0 Å². The average Bonchev–Trinajstić information content (AvgIpc) is 2.69. The molecule has 0 atom stereocenters. The Bertz CT molecular complexity index is 907. The van der Waals surface area contributed by atoms with E-state index in [0.717, 1.165) is 0 Å². The molecule has 32 heavy (non-hydrogen) atoms. The second kappa shape index (κ2) is 16.2. The SMILES string of the molecule is O=C(O)c1ccccc1O.O=C(O)c1ccccc1[O-].O=C(O)c1ccccc1[O-].[Na+].[Na+]. The van der Waals surface area contributed by atoms with Gasteiger partial charge in [-0.15, -0.1) is 0 Å². The summed E-state index contributed by atoms with van der Waals surface area (Å²) in [5, 5.41) is 55.4. The number of aromatic hydroxyl groups is 1. The predicted molar refractivity (Wildman–Crippen MR) is 101 cm³/mol. The van der Waals surface area contributed by atoms with E-state index in [2.05, 4.69) is 0 Å². The molecule has 0 bridgehead atoms. The van der Waals surface area contributed by atoms with E-state index in [9.17, 15) is 24.6 Å². The van der Waals surface area contributed by atoms with E-state index in [1.54, 1.807) is 12.1 Å². The Balaban J connectivity index is 0. The van der Waals surface area contributed by atoms with Crippen molar-refractivity contribution in [2.45, 2.75) is 0 Å².